The lowest BCUT2D eigenvalue weighted by atomic mass is 10.1. The molecule has 82 valence electrons. The normalized spacial score (nSPS) is 9.87. The fourth-order valence-corrected chi connectivity index (χ4v) is 1.66. The van der Waals surface area contributed by atoms with Gasteiger partial charge in [-0.15, -0.1) is 11.6 Å². The molecule has 0 N–H and O–H groups in total. The highest BCUT2D eigenvalue weighted by Gasteiger charge is 2.17. The van der Waals surface area contributed by atoms with Crippen LogP contribution in [0, 0.1) is 0 Å². The summed E-state index contributed by atoms with van der Waals surface area (Å²) in [5.74, 6) is 0.459. The minimum Gasteiger partial charge on any atom is -0.493 e. The third-order valence-electron chi connectivity index (χ3n) is 1.91. The molecule has 0 aromatic heterocycles. The van der Waals surface area contributed by atoms with Gasteiger partial charge in [0.05, 0.1) is 25.1 Å². The summed E-state index contributed by atoms with van der Waals surface area (Å²) in [4.78, 5) is 11.4. The predicted octanol–water partition coefficient (Wildman–Crippen LogP) is 2.78. The number of carbonyl (C=O) groups excluding carboxylic acids is 1. The van der Waals surface area contributed by atoms with Crippen molar-refractivity contribution in [2.45, 2.75) is 0 Å². The van der Waals surface area contributed by atoms with Crippen LogP contribution in [0.4, 0.5) is 0 Å². The van der Waals surface area contributed by atoms with Gasteiger partial charge in [-0.25, -0.2) is 0 Å². The third kappa shape index (κ3) is 2.36. The zero-order valence-electron chi connectivity index (χ0n) is 8.34. The molecule has 5 heteroatoms. The predicted molar refractivity (Wildman–Crippen MR) is 59.6 cm³/mol. The van der Waals surface area contributed by atoms with Crippen molar-refractivity contribution in [1.29, 1.82) is 0 Å². The molecular weight excluding hydrogens is 239 g/mol. The van der Waals surface area contributed by atoms with E-state index in [1.54, 1.807) is 12.1 Å². The van der Waals surface area contributed by atoms with Gasteiger partial charge in [-0.2, -0.15) is 0 Å². The number of hydrogen-bond acceptors (Lipinski definition) is 3. The summed E-state index contributed by atoms with van der Waals surface area (Å²) in [5.41, 5.74) is 0.337. The fraction of sp³-hybridized carbons (Fsp3) is 0.300. The van der Waals surface area contributed by atoms with Crippen molar-refractivity contribution >= 4 is 29.0 Å². The highest BCUT2D eigenvalue weighted by atomic mass is 35.5. The van der Waals surface area contributed by atoms with E-state index in [0.29, 0.717) is 17.1 Å². The third-order valence-corrected chi connectivity index (χ3v) is 2.52. The first-order valence-corrected chi connectivity index (χ1v) is 5.06. The average Bonchev–Trinajstić information content (AvgIpc) is 2.27. The van der Waals surface area contributed by atoms with E-state index < -0.39 is 0 Å². The van der Waals surface area contributed by atoms with Crippen LogP contribution in [-0.2, 0) is 0 Å². The van der Waals surface area contributed by atoms with Crippen molar-refractivity contribution in [2.75, 3.05) is 20.1 Å². The molecule has 1 aromatic carbocycles. The highest BCUT2D eigenvalue weighted by molar-refractivity contribution is 6.38. The number of methoxy groups -OCH3 is 2. The average molecular weight is 249 g/mol. The summed E-state index contributed by atoms with van der Waals surface area (Å²) >= 11 is 11.4. The minimum atomic E-state index is -0.248. The number of Topliss-reactive ketones (excluding diaryl/α,β-unsaturated/α-hetero) is 1. The monoisotopic (exact) mass is 248 g/mol. The van der Waals surface area contributed by atoms with E-state index in [4.69, 9.17) is 32.7 Å². The SMILES string of the molecule is COc1ccc(C(=O)CCl)c(Cl)c1OC. The van der Waals surface area contributed by atoms with Gasteiger partial charge in [-0.1, -0.05) is 11.6 Å². The van der Waals surface area contributed by atoms with Crippen LogP contribution in [0.1, 0.15) is 10.4 Å². The van der Waals surface area contributed by atoms with Crippen molar-refractivity contribution < 1.29 is 14.3 Å². The molecule has 0 amide bonds. The summed E-state index contributed by atoms with van der Waals surface area (Å²) in [6.45, 7) is 0. The van der Waals surface area contributed by atoms with Crippen LogP contribution in [0.15, 0.2) is 12.1 Å². The van der Waals surface area contributed by atoms with Crippen LogP contribution in [-0.4, -0.2) is 25.9 Å². The van der Waals surface area contributed by atoms with Gasteiger partial charge >= 0.3 is 0 Å². The molecule has 15 heavy (non-hydrogen) atoms. The molecule has 0 bridgehead atoms. The maximum absolute atomic E-state index is 11.4. The summed E-state index contributed by atoms with van der Waals surface area (Å²) < 4.78 is 10.1. The van der Waals surface area contributed by atoms with Crippen molar-refractivity contribution in [1.82, 2.24) is 0 Å². The zero-order valence-corrected chi connectivity index (χ0v) is 9.85. The second-order valence-corrected chi connectivity index (χ2v) is 3.36. The Morgan fingerprint density at radius 1 is 1.33 bits per heavy atom. The van der Waals surface area contributed by atoms with E-state index in [0.717, 1.165) is 0 Å². The molecule has 3 nitrogen and oxygen atoms in total. The van der Waals surface area contributed by atoms with Crippen LogP contribution in [0.3, 0.4) is 0 Å². The Kier molecular flexibility index (Phi) is 4.24. The lowest BCUT2D eigenvalue weighted by molar-refractivity contribution is 0.102. The lowest BCUT2D eigenvalue weighted by Crippen LogP contribution is -2.03. The number of ketones is 1. The molecule has 0 saturated heterocycles. The summed E-state index contributed by atoms with van der Waals surface area (Å²) in [6.07, 6.45) is 0. The largest absolute Gasteiger partial charge is 0.493 e. The van der Waals surface area contributed by atoms with E-state index in [1.165, 1.54) is 14.2 Å². The van der Waals surface area contributed by atoms with Crippen LogP contribution in [0.2, 0.25) is 5.02 Å². The number of rotatable bonds is 4. The zero-order chi connectivity index (χ0) is 11.4. The highest BCUT2D eigenvalue weighted by Crippen LogP contribution is 2.37. The fourth-order valence-electron chi connectivity index (χ4n) is 1.18. The van der Waals surface area contributed by atoms with Crippen LogP contribution in [0.5, 0.6) is 11.5 Å². The maximum atomic E-state index is 11.4. The van der Waals surface area contributed by atoms with Gasteiger partial charge in [0.1, 0.15) is 0 Å². The molecule has 0 aliphatic rings. The molecule has 1 rings (SSSR count). The number of halogens is 2. The van der Waals surface area contributed by atoms with Gasteiger partial charge in [0.2, 0.25) is 0 Å². The molecule has 0 radical (unpaired) electrons. The van der Waals surface area contributed by atoms with E-state index in [9.17, 15) is 4.79 Å². The Balaban J connectivity index is 3.29. The molecule has 1 aromatic rings. The Bertz CT molecular complexity index is 377. The van der Waals surface area contributed by atoms with E-state index >= 15 is 0 Å². The first-order valence-electron chi connectivity index (χ1n) is 4.15. The Hall–Kier alpha value is -0.930. The molecular formula is C10H10Cl2O3. The Morgan fingerprint density at radius 2 is 2.00 bits per heavy atom. The molecule has 0 saturated carbocycles. The van der Waals surface area contributed by atoms with E-state index in [-0.39, 0.29) is 16.7 Å². The summed E-state index contributed by atoms with van der Waals surface area (Å²) in [5, 5.41) is 0.225. The second kappa shape index (κ2) is 5.24. The van der Waals surface area contributed by atoms with Gasteiger partial charge in [-0.3, -0.25) is 4.79 Å². The Morgan fingerprint density at radius 3 is 2.47 bits per heavy atom. The van der Waals surface area contributed by atoms with Crippen molar-refractivity contribution in [3.8, 4) is 11.5 Å². The summed E-state index contributed by atoms with van der Waals surface area (Å²) in [7, 11) is 2.95. The molecule has 0 atom stereocenters. The number of carbonyl (C=O) groups is 1. The summed E-state index contributed by atoms with van der Waals surface area (Å²) in [6, 6.07) is 3.18. The molecule has 0 aliphatic heterocycles. The number of hydrogen-bond donors (Lipinski definition) is 0. The van der Waals surface area contributed by atoms with Gasteiger partial charge in [-0.05, 0) is 12.1 Å². The van der Waals surface area contributed by atoms with E-state index in [2.05, 4.69) is 0 Å². The maximum Gasteiger partial charge on any atom is 0.180 e. The quantitative estimate of drug-likeness (QED) is 0.608. The van der Waals surface area contributed by atoms with Crippen LogP contribution < -0.4 is 9.47 Å². The number of ether oxygens (including phenoxy) is 2. The smallest absolute Gasteiger partial charge is 0.180 e. The van der Waals surface area contributed by atoms with Crippen molar-refractivity contribution in [3.63, 3.8) is 0 Å². The first kappa shape index (κ1) is 12.1. The van der Waals surface area contributed by atoms with Gasteiger partial charge in [0.25, 0.3) is 0 Å². The van der Waals surface area contributed by atoms with Crippen molar-refractivity contribution in [2.24, 2.45) is 0 Å². The van der Waals surface area contributed by atoms with Gasteiger partial charge in [0, 0.05) is 5.56 Å². The van der Waals surface area contributed by atoms with E-state index in [1.807, 2.05) is 0 Å². The first-order chi connectivity index (χ1) is 7.15. The van der Waals surface area contributed by atoms with Crippen LogP contribution in [0.25, 0.3) is 0 Å². The Labute approximate surface area is 97.9 Å². The molecule has 0 unspecified atom stereocenters. The van der Waals surface area contributed by atoms with Crippen LogP contribution >= 0.6 is 23.2 Å². The lowest BCUT2D eigenvalue weighted by Gasteiger charge is -2.11. The number of benzene rings is 1. The second-order valence-electron chi connectivity index (χ2n) is 2.72. The topological polar surface area (TPSA) is 35.5 Å². The molecule has 0 spiro atoms. The number of alkyl halides is 1. The molecule has 0 fully saturated rings. The van der Waals surface area contributed by atoms with Gasteiger partial charge < -0.3 is 9.47 Å². The van der Waals surface area contributed by atoms with Crippen molar-refractivity contribution in [3.05, 3.63) is 22.7 Å². The van der Waals surface area contributed by atoms with Gasteiger partial charge in [0.15, 0.2) is 17.3 Å². The minimum absolute atomic E-state index is 0.116. The molecule has 0 aliphatic carbocycles. The molecule has 0 heterocycles. The standard InChI is InChI=1S/C10H10Cl2O3/c1-14-8-4-3-6(7(13)5-11)9(12)10(8)15-2/h3-4H,5H2,1-2H3.